The molecular formula is C8H5ClF3NO2. The molecule has 1 aromatic carbocycles. The summed E-state index contributed by atoms with van der Waals surface area (Å²) in [5.74, 6) is -1.73. The van der Waals surface area contributed by atoms with E-state index in [1.54, 1.807) is 0 Å². The summed E-state index contributed by atoms with van der Waals surface area (Å²) in [5, 5.41) is 7.84. The fourth-order valence-corrected chi connectivity index (χ4v) is 1.42. The van der Waals surface area contributed by atoms with Crippen molar-refractivity contribution in [2.45, 2.75) is 6.18 Å². The van der Waals surface area contributed by atoms with Crippen molar-refractivity contribution in [2.75, 3.05) is 5.73 Å². The molecule has 7 heteroatoms. The predicted octanol–water partition coefficient (Wildman–Crippen LogP) is 2.64. The number of rotatable bonds is 1. The Hall–Kier alpha value is -1.43. The van der Waals surface area contributed by atoms with Crippen LogP contribution in [0.15, 0.2) is 12.1 Å². The highest BCUT2D eigenvalue weighted by molar-refractivity contribution is 6.32. The molecule has 0 amide bonds. The molecule has 0 fully saturated rings. The fourth-order valence-electron chi connectivity index (χ4n) is 1.08. The van der Waals surface area contributed by atoms with Crippen molar-refractivity contribution in [1.82, 2.24) is 0 Å². The van der Waals surface area contributed by atoms with Crippen LogP contribution in [0.1, 0.15) is 15.9 Å². The molecule has 0 spiro atoms. The van der Waals surface area contributed by atoms with Crippen molar-refractivity contribution in [1.29, 1.82) is 0 Å². The van der Waals surface area contributed by atoms with Gasteiger partial charge in [0.2, 0.25) is 0 Å². The van der Waals surface area contributed by atoms with Gasteiger partial charge in [-0.1, -0.05) is 11.6 Å². The van der Waals surface area contributed by atoms with E-state index in [1.807, 2.05) is 0 Å². The van der Waals surface area contributed by atoms with Crippen molar-refractivity contribution in [3.05, 3.63) is 28.3 Å². The first kappa shape index (κ1) is 11.6. The smallest absolute Gasteiger partial charge is 0.418 e. The van der Waals surface area contributed by atoms with E-state index in [2.05, 4.69) is 0 Å². The molecular weight excluding hydrogens is 235 g/mol. The first-order valence-electron chi connectivity index (χ1n) is 3.63. The number of carboxylic acids is 1. The topological polar surface area (TPSA) is 63.3 Å². The van der Waals surface area contributed by atoms with Crippen LogP contribution in [0.5, 0.6) is 0 Å². The summed E-state index contributed by atoms with van der Waals surface area (Å²) >= 11 is 5.30. The molecule has 82 valence electrons. The molecule has 1 aromatic rings. The Morgan fingerprint density at radius 1 is 1.40 bits per heavy atom. The number of carbonyl (C=O) groups is 1. The number of nitrogens with two attached hydrogens (primary N) is 1. The van der Waals surface area contributed by atoms with E-state index in [-0.39, 0.29) is 5.69 Å². The van der Waals surface area contributed by atoms with Crippen LogP contribution in [0, 0.1) is 0 Å². The van der Waals surface area contributed by atoms with Crippen molar-refractivity contribution in [2.24, 2.45) is 0 Å². The van der Waals surface area contributed by atoms with Crippen molar-refractivity contribution >= 4 is 23.3 Å². The highest BCUT2D eigenvalue weighted by Gasteiger charge is 2.38. The maximum Gasteiger partial charge on any atom is 0.418 e. The molecule has 0 aliphatic carbocycles. The third-order valence-electron chi connectivity index (χ3n) is 1.63. The lowest BCUT2D eigenvalue weighted by Crippen LogP contribution is -2.14. The Balaban J connectivity index is 3.55. The second-order valence-electron chi connectivity index (χ2n) is 2.73. The quantitative estimate of drug-likeness (QED) is 0.741. The largest absolute Gasteiger partial charge is 0.478 e. The number of carboxylic acid groups (broad SMARTS) is 1. The molecule has 0 saturated heterocycles. The Morgan fingerprint density at radius 3 is 2.33 bits per heavy atom. The molecule has 0 aliphatic rings. The van der Waals surface area contributed by atoms with Gasteiger partial charge in [-0.2, -0.15) is 13.2 Å². The van der Waals surface area contributed by atoms with Crippen LogP contribution in [0.25, 0.3) is 0 Å². The summed E-state index contributed by atoms with van der Waals surface area (Å²) in [6, 6.07) is 1.58. The fraction of sp³-hybridized carbons (Fsp3) is 0.125. The molecule has 3 N–H and O–H groups in total. The Kier molecular flexibility index (Phi) is 2.81. The molecule has 0 saturated carbocycles. The Bertz CT molecular complexity index is 417. The monoisotopic (exact) mass is 239 g/mol. The van der Waals surface area contributed by atoms with Gasteiger partial charge in [-0.05, 0) is 12.1 Å². The summed E-state index contributed by atoms with van der Waals surface area (Å²) in [5.41, 5.74) is 2.73. The van der Waals surface area contributed by atoms with E-state index < -0.39 is 28.3 Å². The molecule has 0 aromatic heterocycles. The van der Waals surface area contributed by atoms with Crippen LogP contribution in [0.3, 0.4) is 0 Å². The van der Waals surface area contributed by atoms with E-state index >= 15 is 0 Å². The standard InChI is InChI=1S/C8H5ClF3NO2/c9-5-2-3(13)1-4(7(14)15)6(5)8(10,11)12/h1-2H,13H2,(H,14,15). The minimum atomic E-state index is -4.82. The number of benzene rings is 1. The highest BCUT2D eigenvalue weighted by atomic mass is 35.5. The zero-order valence-electron chi connectivity index (χ0n) is 7.10. The minimum absolute atomic E-state index is 0.134. The number of nitrogen functional groups attached to an aromatic ring is 1. The highest BCUT2D eigenvalue weighted by Crippen LogP contribution is 2.38. The first-order chi connectivity index (χ1) is 6.73. The molecule has 3 nitrogen and oxygen atoms in total. The number of anilines is 1. The van der Waals surface area contributed by atoms with Crippen LogP contribution in [-0.4, -0.2) is 11.1 Å². The van der Waals surface area contributed by atoms with Crippen LogP contribution < -0.4 is 5.73 Å². The summed E-state index contributed by atoms with van der Waals surface area (Å²) in [6.07, 6.45) is -4.82. The van der Waals surface area contributed by atoms with Crippen LogP contribution in [0.2, 0.25) is 5.02 Å². The van der Waals surface area contributed by atoms with Gasteiger partial charge in [0.05, 0.1) is 16.1 Å². The van der Waals surface area contributed by atoms with Gasteiger partial charge in [0.15, 0.2) is 0 Å². The zero-order chi connectivity index (χ0) is 11.8. The van der Waals surface area contributed by atoms with Crippen LogP contribution >= 0.6 is 11.6 Å². The van der Waals surface area contributed by atoms with E-state index in [0.717, 1.165) is 12.1 Å². The van der Waals surface area contributed by atoms with Gasteiger partial charge in [0.25, 0.3) is 0 Å². The lowest BCUT2D eigenvalue weighted by molar-refractivity contribution is -0.138. The average molecular weight is 240 g/mol. The predicted molar refractivity (Wildman–Crippen MR) is 47.8 cm³/mol. The number of halogens is 4. The maximum absolute atomic E-state index is 12.4. The summed E-state index contributed by atoms with van der Waals surface area (Å²) < 4.78 is 37.2. The van der Waals surface area contributed by atoms with Gasteiger partial charge in [0.1, 0.15) is 0 Å². The number of alkyl halides is 3. The summed E-state index contributed by atoms with van der Waals surface area (Å²) in [6.45, 7) is 0. The second-order valence-corrected chi connectivity index (χ2v) is 3.14. The molecule has 0 atom stereocenters. The minimum Gasteiger partial charge on any atom is -0.478 e. The maximum atomic E-state index is 12.4. The van der Waals surface area contributed by atoms with Gasteiger partial charge in [-0.25, -0.2) is 4.79 Å². The molecule has 1 rings (SSSR count). The Labute approximate surface area is 87.3 Å². The Morgan fingerprint density at radius 2 is 1.93 bits per heavy atom. The third kappa shape index (κ3) is 2.33. The second kappa shape index (κ2) is 3.62. The van der Waals surface area contributed by atoms with E-state index in [9.17, 15) is 18.0 Å². The van der Waals surface area contributed by atoms with Gasteiger partial charge in [0, 0.05) is 5.69 Å². The number of hydrogen-bond acceptors (Lipinski definition) is 2. The average Bonchev–Trinajstić information content (AvgIpc) is 1.99. The van der Waals surface area contributed by atoms with Crippen molar-refractivity contribution in [3.63, 3.8) is 0 Å². The zero-order valence-corrected chi connectivity index (χ0v) is 7.86. The summed E-state index contributed by atoms with van der Waals surface area (Å²) in [7, 11) is 0. The molecule has 15 heavy (non-hydrogen) atoms. The van der Waals surface area contributed by atoms with Crippen molar-refractivity contribution < 1.29 is 23.1 Å². The third-order valence-corrected chi connectivity index (χ3v) is 1.92. The van der Waals surface area contributed by atoms with Crippen LogP contribution in [0.4, 0.5) is 18.9 Å². The van der Waals surface area contributed by atoms with Gasteiger partial charge < -0.3 is 10.8 Å². The molecule has 0 unspecified atom stereocenters. The van der Waals surface area contributed by atoms with Gasteiger partial charge in [-0.3, -0.25) is 0 Å². The molecule has 0 bridgehead atoms. The van der Waals surface area contributed by atoms with E-state index in [4.69, 9.17) is 22.4 Å². The molecule has 0 radical (unpaired) electrons. The van der Waals surface area contributed by atoms with Gasteiger partial charge in [-0.15, -0.1) is 0 Å². The number of aromatic carboxylic acids is 1. The molecule has 0 heterocycles. The SMILES string of the molecule is Nc1cc(Cl)c(C(F)(F)F)c(C(=O)O)c1. The van der Waals surface area contributed by atoms with E-state index in [1.165, 1.54) is 0 Å². The lowest BCUT2D eigenvalue weighted by Gasteiger charge is -2.12. The van der Waals surface area contributed by atoms with Gasteiger partial charge >= 0.3 is 12.1 Å². The number of hydrogen-bond donors (Lipinski definition) is 2. The molecule has 0 aliphatic heterocycles. The van der Waals surface area contributed by atoms with E-state index in [0.29, 0.717) is 0 Å². The summed E-state index contributed by atoms with van der Waals surface area (Å²) in [4.78, 5) is 10.6. The normalized spacial score (nSPS) is 11.5. The van der Waals surface area contributed by atoms with Crippen LogP contribution in [-0.2, 0) is 6.18 Å². The van der Waals surface area contributed by atoms with Crippen molar-refractivity contribution in [3.8, 4) is 0 Å². The first-order valence-corrected chi connectivity index (χ1v) is 4.01. The lowest BCUT2D eigenvalue weighted by atomic mass is 10.1.